The average molecular weight is 294 g/mol. The zero-order chi connectivity index (χ0) is 15.5. The van der Waals surface area contributed by atoms with Crippen LogP contribution in [0.3, 0.4) is 0 Å². The number of nitrogens with one attached hydrogen (secondary N) is 1. The highest BCUT2D eigenvalue weighted by molar-refractivity contribution is 5.98. The van der Waals surface area contributed by atoms with Crippen LogP contribution >= 0.6 is 0 Å². The summed E-state index contributed by atoms with van der Waals surface area (Å²) < 4.78 is 1.99. The lowest BCUT2D eigenvalue weighted by Gasteiger charge is -2.10. The monoisotopic (exact) mass is 294 g/mol. The molecule has 5 N–H and O–H groups in total. The minimum absolute atomic E-state index is 0.0662. The lowest BCUT2D eigenvalue weighted by Crippen LogP contribution is -2.15. The second-order valence-electron chi connectivity index (χ2n) is 4.62. The molecular weight excluding hydrogens is 280 g/mol. The molecule has 0 fully saturated rings. The van der Waals surface area contributed by atoms with Crippen molar-refractivity contribution in [3.63, 3.8) is 0 Å². The van der Waals surface area contributed by atoms with Gasteiger partial charge >= 0.3 is 0 Å². The minimum atomic E-state index is -0.619. The summed E-state index contributed by atoms with van der Waals surface area (Å²) in [6.45, 7) is 0. The van der Waals surface area contributed by atoms with Crippen LogP contribution in [0.25, 0.3) is 5.69 Å². The molecule has 0 saturated heterocycles. The minimum Gasteiger partial charge on any atom is -0.368 e. The maximum Gasteiger partial charge on any atom is 0.254 e. The Hall–Kier alpha value is -3.35. The van der Waals surface area contributed by atoms with Crippen LogP contribution in [0.2, 0.25) is 0 Å². The molecule has 3 rings (SSSR count). The molecule has 0 radical (unpaired) electrons. The molecule has 3 aromatic rings. The first-order chi connectivity index (χ1) is 10.6. The van der Waals surface area contributed by atoms with Crippen LogP contribution in [0.4, 0.5) is 17.5 Å². The number of carbonyl (C=O) groups is 1. The lowest BCUT2D eigenvalue weighted by molar-refractivity contribution is 0.100. The van der Waals surface area contributed by atoms with Crippen molar-refractivity contribution in [2.45, 2.75) is 0 Å². The third-order valence-electron chi connectivity index (χ3n) is 3.11. The quantitative estimate of drug-likeness (QED) is 0.678. The topological polar surface area (TPSA) is 112 Å². The normalized spacial score (nSPS) is 10.4. The Morgan fingerprint density at radius 1 is 1.14 bits per heavy atom. The number of primary amides is 1. The number of nitrogens with two attached hydrogens (primary N) is 2. The Morgan fingerprint density at radius 3 is 2.45 bits per heavy atom. The van der Waals surface area contributed by atoms with Crippen LogP contribution in [0.5, 0.6) is 0 Å². The largest absolute Gasteiger partial charge is 0.368 e. The fourth-order valence-corrected chi connectivity index (χ4v) is 2.03. The number of benzene rings is 1. The molecular formula is C15H14N6O. The van der Waals surface area contributed by atoms with Gasteiger partial charge in [-0.15, -0.1) is 0 Å². The predicted octanol–water partition coefficient (Wildman–Crippen LogP) is 1.69. The summed E-state index contributed by atoms with van der Waals surface area (Å²) in [5, 5.41) is 3.03. The van der Waals surface area contributed by atoms with E-state index >= 15 is 0 Å². The fraction of sp³-hybridized carbons (Fsp3) is 0. The van der Waals surface area contributed by atoms with Crippen LogP contribution in [0.15, 0.2) is 55.0 Å². The zero-order valence-electron chi connectivity index (χ0n) is 11.6. The third-order valence-corrected chi connectivity index (χ3v) is 3.11. The Balaban J connectivity index is 1.87. The van der Waals surface area contributed by atoms with Gasteiger partial charge in [-0.25, -0.2) is 4.98 Å². The van der Waals surface area contributed by atoms with Crippen LogP contribution in [0, 0.1) is 0 Å². The van der Waals surface area contributed by atoms with Gasteiger partial charge in [-0.3, -0.25) is 4.79 Å². The van der Waals surface area contributed by atoms with Crippen molar-refractivity contribution in [3.05, 3.63) is 60.6 Å². The van der Waals surface area contributed by atoms with Gasteiger partial charge in [0.25, 0.3) is 5.91 Å². The smallest absolute Gasteiger partial charge is 0.254 e. The van der Waals surface area contributed by atoms with Gasteiger partial charge < -0.3 is 21.4 Å². The Labute approximate surface area is 126 Å². The SMILES string of the molecule is NC(=O)c1cnc(N)nc1Nc1ccc(-n2cccc2)cc1. The van der Waals surface area contributed by atoms with Crippen molar-refractivity contribution >= 4 is 23.4 Å². The summed E-state index contributed by atoms with van der Waals surface area (Å²) in [6.07, 6.45) is 5.22. The van der Waals surface area contributed by atoms with E-state index in [1.807, 2.05) is 53.4 Å². The van der Waals surface area contributed by atoms with Gasteiger partial charge in [-0.1, -0.05) is 0 Å². The van der Waals surface area contributed by atoms with Gasteiger partial charge in [-0.05, 0) is 36.4 Å². The van der Waals surface area contributed by atoms with E-state index < -0.39 is 5.91 Å². The molecule has 0 aliphatic rings. The highest BCUT2D eigenvalue weighted by Crippen LogP contribution is 2.20. The Kier molecular flexibility index (Phi) is 3.45. The molecule has 0 atom stereocenters. The number of aromatic nitrogens is 3. The number of nitrogen functional groups attached to an aromatic ring is 1. The average Bonchev–Trinajstić information content (AvgIpc) is 3.02. The summed E-state index contributed by atoms with van der Waals surface area (Å²) in [4.78, 5) is 19.2. The lowest BCUT2D eigenvalue weighted by atomic mass is 10.2. The highest BCUT2D eigenvalue weighted by atomic mass is 16.1. The number of hydrogen-bond acceptors (Lipinski definition) is 5. The summed E-state index contributed by atoms with van der Waals surface area (Å²) in [7, 11) is 0. The molecule has 2 heterocycles. The number of hydrogen-bond donors (Lipinski definition) is 3. The van der Waals surface area contributed by atoms with Gasteiger partial charge in [0, 0.05) is 30.0 Å². The molecule has 7 nitrogen and oxygen atoms in total. The number of amides is 1. The predicted molar refractivity (Wildman–Crippen MR) is 84.0 cm³/mol. The van der Waals surface area contributed by atoms with Gasteiger partial charge in [-0.2, -0.15) is 4.98 Å². The van der Waals surface area contributed by atoms with E-state index in [0.717, 1.165) is 11.4 Å². The number of carbonyl (C=O) groups excluding carboxylic acids is 1. The fourth-order valence-electron chi connectivity index (χ4n) is 2.03. The maximum atomic E-state index is 11.4. The second-order valence-corrected chi connectivity index (χ2v) is 4.62. The molecule has 1 amide bonds. The highest BCUT2D eigenvalue weighted by Gasteiger charge is 2.11. The van der Waals surface area contributed by atoms with Crippen molar-refractivity contribution < 1.29 is 4.79 Å². The molecule has 0 aliphatic carbocycles. The van der Waals surface area contributed by atoms with Gasteiger partial charge in [0.15, 0.2) is 0 Å². The van der Waals surface area contributed by atoms with E-state index in [1.54, 1.807) is 0 Å². The molecule has 0 saturated carbocycles. The van der Waals surface area contributed by atoms with E-state index in [0.29, 0.717) is 0 Å². The second kappa shape index (κ2) is 5.57. The van der Waals surface area contributed by atoms with Crippen molar-refractivity contribution in [2.75, 3.05) is 11.1 Å². The van der Waals surface area contributed by atoms with Crippen LogP contribution < -0.4 is 16.8 Å². The summed E-state index contributed by atoms with van der Waals surface area (Å²) in [5.74, 6) is -0.267. The van der Waals surface area contributed by atoms with Gasteiger partial charge in [0.05, 0.1) is 0 Å². The number of nitrogens with zero attached hydrogens (tertiary/aromatic N) is 3. The number of anilines is 3. The molecule has 0 unspecified atom stereocenters. The third kappa shape index (κ3) is 2.73. The first-order valence-electron chi connectivity index (χ1n) is 6.56. The molecule has 7 heteroatoms. The summed E-state index contributed by atoms with van der Waals surface area (Å²) in [6, 6.07) is 11.5. The Bertz CT molecular complexity index is 795. The van der Waals surface area contributed by atoms with E-state index in [4.69, 9.17) is 11.5 Å². The Morgan fingerprint density at radius 2 is 1.82 bits per heavy atom. The maximum absolute atomic E-state index is 11.4. The van der Waals surface area contributed by atoms with Crippen molar-refractivity contribution in [2.24, 2.45) is 5.73 Å². The van der Waals surface area contributed by atoms with Crippen molar-refractivity contribution in [3.8, 4) is 5.69 Å². The molecule has 0 spiro atoms. The van der Waals surface area contributed by atoms with Gasteiger partial charge in [0.2, 0.25) is 5.95 Å². The summed E-state index contributed by atoms with van der Waals surface area (Å²) in [5.41, 5.74) is 12.8. The molecule has 22 heavy (non-hydrogen) atoms. The van der Waals surface area contributed by atoms with E-state index in [1.165, 1.54) is 6.20 Å². The van der Waals surface area contributed by atoms with Crippen LogP contribution in [-0.4, -0.2) is 20.4 Å². The first kappa shape index (κ1) is 13.6. The van der Waals surface area contributed by atoms with Crippen molar-refractivity contribution in [1.82, 2.24) is 14.5 Å². The molecule has 0 aliphatic heterocycles. The first-order valence-corrected chi connectivity index (χ1v) is 6.56. The standard InChI is InChI=1S/C15H14N6O/c16-13(22)12-9-18-15(17)20-14(12)19-10-3-5-11(6-4-10)21-7-1-2-8-21/h1-9H,(H2,16,22)(H3,17,18,19,20). The van der Waals surface area contributed by atoms with Gasteiger partial charge in [0.1, 0.15) is 11.4 Å². The van der Waals surface area contributed by atoms with Crippen LogP contribution in [-0.2, 0) is 0 Å². The molecule has 0 bridgehead atoms. The molecule has 1 aromatic carbocycles. The van der Waals surface area contributed by atoms with E-state index in [9.17, 15) is 4.79 Å². The van der Waals surface area contributed by atoms with E-state index in [2.05, 4.69) is 15.3 Å². The summed E-state index contributed by atoms with van der Waals surface area (Å²) >= 11 is 0. The van der Waals surface area contributed by atoms with E-state index in [-0.39, 0.29) is 17.3 Å². The molecule has 2 aromatic heterocycles. The molecule has 110 valence electrons. The van der Waals surface area contributed by atoms with Crippen LogP contribution in [0.1, 0.15) is 10.4 Å². The zero-order valence-corrected chi connectivity index (χ0v) is 11.6. The van der Waals surface area contributed by atoms with Crippen molar-refractivity contribution in [1.29, 1.82) is 0 Å². The number of rotatable bonds is 4.